The van der Waals surface area contributed by atoms with E-state index in [1.807, 2.05) is 18.2 Å². The Balaban J connectivity index is 1.56. The van der Waals surface area contributed by atoms with Crippen LogP contribution in [0.5, 0.6) is 0 Å². The third-order valence-electron chi connectivity index (χ3n) is 4.81. The maximum atomic E-state index is 12.9. The zero-order valence-corrected chi connectivity index (χ0v) is 14.7. The molecule has 23 heavy (non-hydrogen) atoms. The second-order valence-electron chi connectivity index (χ2n) is 6.34. The molecule has 0 radical (unpaired) electrons. The Morgan fingerprint density at radius 3 is 2.70 bits per heavy atom. The highest BCUT2D eigenvalue weighted by Gasteiger charge is 2.33. The van der Waals surface area contributed by atoms with Crippen LogP contribution in [-0.4, -0.2) is 66.3 Å². The van der Waals surface area contributed by atoms with Crippen molar-refractivity contribution in [2.45, 2.75) is 36.0 Å². The molecule has 2 unspecified atom stereocenters. The van der Waals surface area contributed by atoms with Crippen molar-refractivity contribution in [3.63, 3.8) is 0 Å². The van der Waals surface area contributed by atoms with E-state index in [4.69, 9.17) is 0 Å². The highest BCUT2D eigenvalue weighted by molar-refractivity contribution is 8.00. The van der Waals surface area contributed by atoms with Gasteiger partial charge in [0.2, 0.25) is 5.91 Å². The van der Waals surface area contributed by atoms with Gasteiger partial charge in [-0.3, -0.25) is 9.69 Å². The fourth-order valence-electron chi connectivity index (χ4n) is 3.46. The van der Waals surface area contributed by atoms with Gasteiger partial charge in [0.15, 0.2) is 0 Å². The lowest BCUT2D eigenvalue weighted by Crippen LogP contribution is -2.49. The maximum absolute atomic E-state index is 12.9. The number of carbonyl (C=O) groups is 1. The molecule has 2 aliphatic rings. The predicted molar refractivity (Wildman–Crippen MR) is 95.8 cm³/mol. The third kappa shape index (κ3) is 4.28. The first-order chi connectivity index (χ1) is 11.3. The summed E-state index contributed by atoms with van der Waals surface area (Å²) in [6.45, 7) is 8.31. The molecule has 0 saturated carbocycles. The zero-order valence-electron chi connectivity index (χ0n) is 13.9. The summed E-state index contributed by atoms with van der Waals surface area (Å²) >= 11 is 1.71. The Hall–Kier alpha value is -1.04. The van der Waals surface area contributed by atoms with Crippen molar-refractivity contribution >= 4 is 17.7 Å². The Bertz CT molecular complexity index is 504. The molecule has 1 aromatic rings. The van der Waals surface area contributed by atoms with E-state index >= 15 is 0 Å². The van der Waals surface area contributed by atoms with Crippen molar-refractivity contribution in [1.29, 1.82) is 0 Å². The average Bonchev–Trinajstić information content (AvgIpc) is 3.11. The van der Waals surface area contributed by atoms with Crippen LogP contribution in [0.1, 0.15) is 19.8 Å². The fraction of sp³-hybridized carbons (Fsp3) is 0.611. The number of hydrogen-bond acceptors (Lipinski definition) is 4. The number of nitrogens with one attached hydrogen (secondary N) is 1. The number of hydrogen-bond donors (Lipinski definition) is 1. The number of likely N-dealkylation sites (tertiary alicyclic amines) is 1. The van der Waals surface area contributed by atoms with Gasteiger partial charge in [-0.1, -0.05) is 25.1 Å². The second kappa shape index (κ2) is 8.18. The first kappa shape index (κ1) is 16.8. The fourth-order valence-corrected chi connectivity index (χ4v) is 4.52. The van der Waals surface area contributed by atoms with Crippen LogP contribution in [0.15, 0.2) is 35.2 Å². The van der Waals surface area contributed by atoms with Crippen molar-refractivity contribution in [1.82, 2.24) is 15.1 Å². The van der Waals surface area contributed by atoms with Gasteiger partial charge in [0.25, 0.3) is 0 Å². The van der Waals surface area contributed by atoms with E-state index in [0.717, 1.165) is 52.1 Å². The first-order valence-corrected chi connectivity index (χ1v) is 9.61. The van der Waals surface area contributed by atoms with Gasteiger partial charge in [-0.2, -0.15) is 0 Å². The van der Waals surface area contributed by atoms with Gasteiger partial charge in [0.05, 0.1) is 5.25 Å². The average molecular weight is 334 g/mol. The van der Waals surface area contributed by atoms with Gasteiger partial charge in [0.1, 0.15) is 0 Å². The summed E-state index contributed by atoms with van der Waals surface area (Å²) < 4.78 is 0. The number of nitrogens with zero attached hydrogens (tertiary/aromatic N) is 2. The van der Waals surface area contributed by atoms with E-state index in [1.54, 1.807) is 11.8 Å². The standard InChI is InChI=1S/C18H27N3OS/c1-2-17(23-16-6-4-3-5-7-16)18(22)21-11-8-15(14-21)20-12-9-19-10-13-20/h3-7,15,17,19H,2,8-14H2,1H3. The molecular formula is C18H27N3OS. The number of piperazine rings is 1. The summed E-state index contributed by atoms with van der Waals surface area (Å²) in [5.74, 6) is 0.319. The van der Waals surface area contributed by atoms with E-state index in [9.17, 15) is 4.79 Å². The largest absolute Gasteiger partial charge is 0.340 e. The summed E-state index contributed by atoms with van der Waals surface area (Å²) in [4.78, 5) is 18.7. The van der Waals surface area contributed by atoms with Crippen LogP contribution in [0.2, 0.25) is 0 Å². The molecule has 126 valence electrons. The summed E-state index contributed by atoms with van der Waals surface area (Å²) in [6.07, 6.45) is 2.01. The highest BCUT2D eigenvalue weighted by Crippen LogP contribution is 2.28. The molecule has 0 bridgehead atoms. The van der Waals surface area contributed by atoms with Crippen molar-refractivity contribution < 1.29 is 4.79 Å². The molecule has 2 saturated heterocycles. The van der Waals surface area contributed by atoms with Crippen LogP contribution in [0.3, 0.4) is 0 Å². The zero-order chi connectivity index (χ0) is 16.1. The van der Waals surface area contributed by atoms with Crippen LogP contribution in [0, 0.1) is 0 Å². The smallest absolute Gasteiger partial charge is 0.236 e. The van der Waals surface area contributed by atoms with E-state index < -0.39 is 0 Å². The number of thioether (sulfide) groups is 1. The SMILES string of the molecule is CCC(Sc1ccccc1)C(=O)N1CCC(N2CCNCC2)C1. The summed E-state index contributed by atoms with van der Waals surface area (Å²) in [7, 11) is 0. The van der Waals surface area contributed by atoms with E-state index in [0.29, 0.717) is 11.9 Å². The molecule has 1 amide bonds. The van der Waals surface area contributed by atoms with Gasteiger partial charge < -0.3 is 10.2 Å². The minimum Gasteiger partial charge on any atom is -0.340 e. The van der Waals surface area contributed by atoms with Gasteiger partial charge in [-0.25, -0.2) is 0 Å². The maximum Gasteiger partial charge on any atom is 0.236 e. The minimum absolute atomic E-state index is 0.0409. The van der Waals surface area contributed by atoms with Crippen LogP contribution in [-0.2, 0) is 4.79 Å². The lowest BCUT2D eigenvalue weighted by atomic mass is 10.2. The molecule has 0 spiro atoms. The Morgan fingerprint density at radius 2 is 2.00 bits per heavy atom. The number of carbonyl (C=O) groups excluding carboxylic acids is 1. The monoisotopic (exact) mass is 333 g/mol. The van der Waals surface area contributed by atoms with E-state index in [1.165, 1.54) is 4.90 Å². The number of benzene rings is 1. The lowest BCUT2D eigenvalue weighted by Gasteiger charge is -2.32. The molecule has 2 atom stereocenters. The van der Waals surface area contributed by atoms with Gasteiger partial charge in [-0.15, -0.1) is 11.8 Å². The molecule has 0 aliphatic carbocycles. The van der Waals surface area contributed by atoms with E-state index in [2.05, 4.69) is 34.2 Å². The summed E-state index contributed by atoms with van der Waals surface area (Å²) in [6, 6.07) is 10.8. The second-order valence-corrected chi connectivity index (χ2v) is 7.62. The predicted octanol–water partition coefficient (Wildman–Crippen LogP) is 2.06. The molecule has 2 heterocycles. The van der Waals surface area contributed by atoms with Crippen molar-refractivity contribution in [3.05, 3.63) is 30.3 Å². The van der Waals surface area contributed by atoms with Gasteiger partial charge in [-0.05, 0) is 25.0 Å². The molecule has 1 N–H and O–H groups in total. The normalized spacial score (nSPS) is 23.9. The minimum atomic E-state index is 0.0409. The van der Waals surface area contributed by atoms with Crippen LogP contribution >= 0.6 is 11.8 Å². The first-order valence-electron chi connectivity index (χ1n) is 8.73. The number of amides is 1. The molecule has 4 nitrogen and oxygen atoms in total. The Labute approximate surface area is 143 Å². The van der Waals surface area contributed by atoms with Crippen molar-refractivity contribution in [3.8, 4) is 0 Å². The van der Waals surface area contributed by atoms with Crippen LogP contribution in [0.4, 0.5) is 0 Å². The Morgan fingerprint density at radius 1 is 1.26 bits per heavy atom. The van der Waals surface area contributed by atoms with Gasteiger partial charge in [0, 0.05) is 50.2 Å². The lowest BCUT2D eigenvalue weighted by molar-refractivity contribution is -0.129. The molecule has 0 aromatic heterocycles. The molecule has 2 fully saturated rings. The van der Waals surface area contributed by atoms with Crippen molar-refractivity contribution in [2.75, 3.05) is 39.3 Å². The van der Waals surface area contributed by atoms with Gasteiger partial charge >= 0.3 is 0 Å². The number of rotatable bonds is 5. The molecule has 1 aromatic carbocycles. The summed E-state index contributed by atoms with van der Waals surface area (Å²) in [5, 5.41) is 3.44. The molecular weight excluding hydrogens is 306 g/mol. The van der Waals surface area contributed by atoms with Crippen LogP contribution < -0.4 is 5.32 Å². The topological polar surface area (TPSA) is 35.6 Å². The molecule has 3 rings (SSSR count). The highest BCUT2D eigenvalue weighted by atomic mass is 32.2. The van der Waals surface area contributed by atoms with E-state index in [-0.39, 0.29) is 5.25 Å². The van der Waals surface area contributed by atoms with Crippen molar-refractivity contribution in [2.24, 2.45) is 0 Å². The van der Waals surface area contributed by atoms with Crippen LogP contribution in [0.25, 0.3) is 0 Å². The molecule has 5 heteroatoms. The summed E-state index contributed by atoms with van der Waals surface area (Å²) in [5.41, 5.74) is 0. The third-order valence-corrected chi connectivity index (χ3v) is 6.17. The molecule has 2 aliphatic heterocycles. The quantitative estimate of drug-likeness (QED) is 0.837. The Kier molecular flexibility index (Phi) is 5.97.